The fraction of sp³-hybridized carbons (Fsp3) is 0.409. The van der Waals surface area contributed by atoms with Gasteiger partial charge in [0.05, 0.1) is 46.9 Å². The first-order valence-electron chi connectivity index (χ1n) is 11.1. The van der Waals surface area contributed by atoms with E-state index in [2.05, 4.69) is 26.1 Å². The summed E-state index contributed by atoms with van der Waals surface area (Å²) in [7, 11) is -3.41. The Morgan fingerprint density at radius 3 is 2.91 bits per heavy atom. The van der Waals surface area contributed by atoms with E-state index in [4.69, 9.17) is 0 Å². The molecule has 1 aliphatic heterocycles. The van der Waals surface area contributed by atoms with Gasteiger partial charge in [-0.2, -0.15) is 14.7 Å². The first-order valence-corrected chi connectivity index (χ1v) is 12.7. The third kappa shape index (κ3) is 3.86. The molecule has 0 unspecified atom stereocenters. The van der Waals surface area contributed by atoms with Crippen LogP contribution in [-0.2, 0) is 10.0 Å². The molecule has 34 heavy (non-hydrogen) atoms. The summed E-state index contributed by atoms with van der Waals surface area (Å²) in [5, 5.41) is 13.6. The Hall–Kier alpha value is -3.56. The van der Waals surface area contributed by atoms with E-state index >= 15 is 0 Å². The standard InChI is InChI=1S/C22H24N8O3S/c1-14(2)13-34(32,33)28-6-3-4-16(12-28)30-21-18(26-22(30)31)11-24-20(27-21)17-10-25-29-7-5-15(9-23)8-19(17)29/h5,7-8,10-11,14,16H,3-4,6,12-13H2,1-2H3,(H,26,31)/t16-/m0/s1. The van der Waals surface area contributed by atoms with E-state index in [1.807, 2.05) is 13.8 Å². The monoisotopic (exact) mass is 480 g/mol. The van der Waals surface area contributed by atoms with Crippen LogP contribution in [0.3, 0.4) is 0 Å². The quantitative estimate of drug-likeness (QED) is 0.460. The number of aromatic nitrogens is 6. The van der Waals surface area contributed by atoms with Gasteiger partial charge in [-0.15, -0.1) is 0 Å². The van der Waals surface area contributed by atoms with Gasteiger partial charge in [-0.05, 0) is 30.9 Å². The van der Waals surface area contributed by atoms with Crippen molar-refractivity contribution in [3.8, 4) is 17.5 Å². The maximum Gasteiger partial charge on any atom is 0.328 e. The fourth-order valence-electron chi connectivity index (χ4n) is 4.52. The highest BCUT2D eigenvalue weighted by Gasteiger charge is 2.32. The fourth-order valence-corrected chi connectivity index (χ4v) is 6.38. The normalized spacial score (nSPS) is 17.5. The molecule has 0 aliphatic carbocycles. The molecule has 11 nitrogen and oxygen atoms in total. The maximum atomic E-state index is 12.9. The molecule has 0 radical (unpaired) electrons. The minimum Gasteiger partial charge on any atom is -0.303 e. The first kappa shape index (κ1) is 22.2. The summed E-state index contributed by atoms with van der Waals surface area (Å²) in [5.41, 5.74) is 2.33. The Kier molecular flexibility index (Phi) is 5.45. The molecule has 1 aliphatic rings. The first-order chi connectivity index (χ1) is 16.3. The van der Waals surface area contributed by atoms with Crippen LogP contribution in [0.25, 0.3) is 28.1 Å². The van der Waals surface area contributed by atoms with Crippen molar-refractivity contribution in [2.24, 2.45) is 5.92 Å². The predicted molar refractivity (Wildman–Crippen MR) is 126 cm³/mol. The predicted octanol–water partition coefficient (Wildman–Crippen LogP) is 1.93. The van der Waals surface area contributed by atoms with Crippen molar-refractivity contribution in [3.05, 3.63) is 46.8 Å². The number of H-pyrrole nitrogens is 1. The molecule has 176 valence electrons. The van der Waals surface area contributed by atoms with Crippen molar-refractivity contribution >= 4 is 26.7 Å². The molecule has 12 heteroatoms. The van der Waals surface area contributed by atoms with Crippen LogP contribution in [0.15, 0.2) is 35.5 Å². The van der Waals surface area contributed by atoms with E-state index in [1.54, 1.807) is 39.8 Å². The number of hydrogen-bond donors (Lipinski definition) is 1. The summed E-state index contributed by atoms with van der Waals surface area (Å²) >= 11 is 0. The number of nitrogens with one attached hydrogen (secondary N) is 1. The molecule has 5 rings (SSSR count). The molecule has 0 saturated carbocycles. The Labute approximate surface area is 195 Å². The van der Waals surface area contributed by atoms with Gasteiger partial charge in [0.25, 0.3) is 0 Å². The van der Waals surface area contributed by atoms with Crippen molar-refractivity contribution < 1.29 is 8.42 Å². The zero-order chi connectivity index (χ0) is 24.0. The highest BCUT2D eigenvalue weighted by atomic mass is 32.2. The van der Waals surface area contributed by atoms with Crippen LogP contribution in [0, 0.1) is 17.2 Å². The molecule has 1 saturated heterocycles. The second kappa shape index (κ2) is 8.34. The molecule has 0 spiro atoms. The molecule has 0 aromatic carbocycles. The number of piperidine rings is 1. The molecule has 0 bridgehead atoms. The molecular formula is C22H24N8O3S. The van der Waals surface area contributed by atoms with Gasteiger partial charge in [0.15, 0.2) is 11.5 Å². The van der Waals surface area contributed by atoms with E-state index in [0.29, 0.717) is 53.0 Å². The van der Waals surface area contributed by atoms with Crippen molar-refractivity contribution in [2.45, 2.75) is 32.7 Å². The summed E-state index contributed by atoms with van der Waals surface area (Å²) in [6, 6.07) is 5.15. The van der Waals surface area contributed by atoms with Gasteiger partial charge in [-0.1, -0.05) is 13.8 Å². The molecule has 1 atom stereocenters. The van der Waals surface area contributed by atoms with Gasteiger partial charge in [0.2, 0.25) is 10.0 Å². The Balaban J connectivity index is 1.56. The van der Waals surface area contributed by atoms with Crippen molar-refractivity contribution in [1.82, 2.24) is 33.4 Å². The second-order valence-corrected chi connectivity index (χ2v) is 11.0. The highest BCUT2D eigenvalue weighted by molar-refractivity contribution is 7.89. The Bertz CT molecular complexity index is 1590. The van der Waals surface area contributed by atoms with Gasteiger partial charge in [0.1, 0.15) is 5.52 Å². The largest absolute Gasteiger partial charge is 0.328 e. The van der Waals surface area contributed by atoms with Crippen molar-refractivity contribution in [2.75, 3.05) is 18.8 Å². The maximum absolute atomic E-state index is 12.9. The number of imidazole rings is 1. The van der Waals surface area contributed by atoms with Crippen molar-refractivity contribution in [1.29, 1.82) is 5.26 Å². The zero-order valence-electron chi connectivity index (χ0n) is 18.8. The lowest BCUT2D eigenvalue weighted by molar-refractivity contribution is 0.265. The summed E-state index contributed by atoms with van der Waals surface area (Å²) in [6.07, 6.45) is 6.18. The lowest BCUT2D eigenvalue weighted by Crippen LogP contribution is -2.44. The minimum absolute atomic E-state index is 0.0175. The number of rotatable bonds is 5. The lowest BCUT2D eigenvalue weighted by Gasteiger charge is -2.32. The molecule has 5 heterocycles. The van der Waals surface area contributed by atoms with Crippen LogP contribution in [0.5, 0.6) is 0 Å². The van der Waals surface area contributed by atoms with Crippen LogP contribution in [-0.4, -0.2) is 60.7 Å². The smallest absolute Gasteiger partial charge is 0.303 e. The second-order valence-electron chi connectivity index (χ2n) is 8.97. The SMILES string of the molecule is CC(C)CS(=O)(=O)N1CCC[C@H](n2c(=O)[nH]c3cnc(-c4cnn5ccc(C#N)cc45)nc32)C1. The van der Waals surface area contributed by atoms with E-state index < -0.39 is 10.0 Å². The van der Waals surface area contributed by atoms with Gasteiger partial charge >= 0.3 is 5.69 Å². The summed E-state index contributed by atoms with van der Waals surface area (Å²) in [5.74, 6) is 0.461. The van der Waals surface area contributed by atoms with E-state index in [0.717, 1.165) is 0 Å². The molecule has 1 N–H and O–H groups in total. The zero-order valence-corrected chi connectivity index (χ0v) is 19.7. The number of aromatic amines is 1. The summed E-state index contributed by atoms with van der Waals surface area (Å²) in [4.78, 5) is 24.7. The number of sulfonamides is 1. The van der Waals surface area contributed by atoms with E-state index in [1.165, 1.54) is 4.31 Å². The van der Waals surface area contributed by atoms with Gasteiger partial charge in [-0.25, -0.2) is 27.7 Å². The number of fused-ring (bicyclic) bond motifs is 2. The highest BCUT2D eigenvalue weighted by Crippen LogP contribution is 2.27. The van der Waals surface area contributed by atoms with Gasteiger partial charge < -0.3 is 4.98 Å². The van der Waals surface area contributed by atoms with Crippen LogP contribution < -0.4 is 5.69 Å². The van der Waals surface area contributed by atoms with Crippen LogP contribution in [0.2, 0.25) is 0 Å². The molecule has 4 aromatic rings. The number of nitriles is 1. The Morgan fingerprint density at radius 2 is 2.15 bits per heavy atom. The minimum atomic E-state index is -3.41. The number of nitrogens with zero attached hydrogens (tertiary/aromatic N) is 7. The van der Waals surface area contributed by atoms with E-state index in [9.17, 15) is 18.5 Å². The van der Waals surface area contributed by atoms with Gasteiger partial charge in [0, 0.05) is 19.3 Å². The van der Waals surface area contributed by atoms with Gasteiger partial charge in [-0.3, -0.25) is 4.57 Å². The van der Waals surface area contributed by atoms with E-state index in [-0.39, 0.29) is 29.9 Å². The topological polar surface area (TPSA) is 142 Å². The number of pyridine rings is 1. The molecule has 1 fully saturated rings. The molecular weight excluding hydrogens is 456 g/mol. The summed E-state index contributed by atoms with van der Waals surface area (Å²) < 4.78 is 30.3. The number of hydrogen-bond acceptors (Lipinski definition) is 7. The third-order valence-electron chi connectivity index (χ3n) is 6.01. The van der Waals surface area contributed by atoms with Crippen LogP contribution in [0.1, 0.15) is 38.3 Å². The Morgan fingerprint density at radius 1 is 1.32 bits per heavy atom. The molecule has 0 amide bonds. The van der Waals surface area contributed by atoms with Crippen molar-refractivity contribution in [3.63, 3.8) is 0 Å². The van der Waals surface area contributed by atoms with Crippen LogP contribution in [0.4, 0.5) is 0 Å². The third-order valence-corrected chi connectivity index (χ3v) is 8.22. The summed E-state index contributed by atoms with van der Waals surface area (Å²) in [6.45, 7) is 4.43. The lowest BCUT2D eigenvalue weighted by atomic mass is 10.1. The average Bonchev–Trinajstić information content (AvgIpc) is 3.37. The molecule has 4 aromatic heterocycles. The average molecular weight is 481 g/mol. The van der Waals surface area contributed by atoms with Crippen LogP contribution >= 0.6 is 0 Å².